The van der Waals surface area contributed by atoms with Gasteiger partial charge in [0, 0.05) is 28.8 Å². The van der Waals surface area contributed by atoms with Gasteiger partial charge in [-0.2, -0.15) is 0 Å². The minimum Gasteiger partial charge on any atom is -0.496 e. The first-order chi connectivity index (χ1) is 14.0. The highest BCUT2D eigenvalue weighted by Gasteiger charge is 2.15. The number of hydrogen-bond acceptors (Lipinski definition) is 7. The number of rotatable bonds is 6. The van der Waals surface area contributed by atoms with Crippen LogP contribution in [-0.2, 0) is 16.1 Å². The summed E-state index contributed by atoms with van der Waals surface area (Å²) in [6, 6.07) is 12.7. The summed E-state index contributed by atoms with van der Waals surface area (Å²) in [6.45, 7) is 1.79. The number of carbonyl (C=O) groups is 2. The van der Waals surface area contributed by atoms with Gasteiger partial charge in [-0.05, 0) is 31.2 Å². The predicted octanol–water partition coefficient (Wildman–Crippen LogP) is 3.73. The largest absolute Gasteiger partial charge is 0.496 e. The Bertz CT molecular complexity index is 1100. The number of anilines is 1. The van der Waals surface area contributed by atoms with E-state index in [0.29, 0.717) is 22.4 Å². The van der Waals surface area contributed by atoms with Gasteiger partial charge in [0.15, 0.2) is 0 Å². The fourth-order valence-electron chi connectivity index (χ4n) is 2.75. The molecule has 0 bridgehead atoms. The molecule has 1 aromatic heterocycles. The second-order valence-corrected chi connectivity index (χ2v) is 5.92. The Balaban J connectivity index is 1.83. The van der Waals surface area contributed by atoms with Crippen LogP contribution in [0.2, 0.25) is 0 Å². The number of esters is 1. The number of carbonyl (C=O) groups excluding carboxylic acids is 2. The summed E-state index contributed by atoms with van der Waals surface area (Å²) in [7, 11) is 1.46. The first-order valence-electron chi connectivity index (χ1n) is 8.82. The normalized spacial score (nSPS) is 10.4. The maximum atomic E-state index is 12.4. The third kappa shape index (κ3) is 4.73. The molecule has 1 amide bonds. The van der Waals surface area contributed by atoms with Gasteiger partial charge < -0.3 is 18.6 Å². The van der Waals surface area contributed by atoms with Crippen LogP contribution in [0.5, 0.6) is 5.75 Å². The molecular weight excluding hydrogens is 378 g/mol. The number of para-hydroxylation sites is 1. The molecular formula is C21H19NO7. The zero-order valence-corrected chi connectivity index (χ0v) is 15.9. The first kappa shape index (κ1) is 19.9. The molecule has 8 heteroatoms. The average Bonchev–Trinajstić information content (AvgIpc) is 2.71. The van der Waals surface area contributed by atoms with E-state index in [1.165, 1.54) is 19.2 Å². The van der Waals surface area contributed by atoms with E-state index in [1.807, 2.05) is 0 Å². The van der Waals surface area contributed by atoms with Crippen molar-refractivity contribution in [2.45, 2.75) is 13.5 Å². The van der Waals surface area contributed by atoms with Crippen LogP contribution in [-0.4, -0.2) is 25.8 Å². The minimum atomic E-state index is -0.615. The van der Waals surface area contributed by atoms with E-state index >= 15 is 0 Å². The van der Waals surface area contributed by atoms with Crippen LogP contribution in [0.15, 0.2) is 57.7 Å². The molecule has 0 atom stereocenters. The monoisotopic (exact) mass is 397 g/mol. The number of hydrogen-bond donors (Lipinski definition) is 1. The molecule has 0 aliphatic heterocycles. The summed E-state index contributed by atoms with van der Waals surface area (Å²) in [5.74, 6) is -0.186. The first-order valence-corrected chi connectivity index (χ1v) is 8.82. The Labute approximate surface area is 166 Å². The lowest BCUT2D eigenvalue weighted by molar-refractivity contribution is 0.0470. The molecule has 0 unspecified atom stereocenters. The van der Waals surface area contributed by atoms with Gasteiger partial charge in [-0.3, -0.25) is 5.32 Å². The van der Waals surface area contributed by atoms with E-state index in [-0.39, 0.29) is 24.4 Å². The van der Waals surface area contributed by atoms with E-state index in [0.717, 1.165) is 0 Å². The van der Waals surface area contributed by atoms with Gasteiger partial charge in [-0.15, -0.1) is 0 Å². The molecule has 0 saturated heterocycles. The van der Waals surface area contributed by atoms with E-state index < -0.39 is 17.7 Å². The van der Waals surface area contributed by atoms with Gasteiger partial charge in [0.1, 0.15) is 23.5 Å². The van der Waals surface area contributed by atoms with Crippen molar-refractivity contribution < 1.29 is 28.2 Å². The Kier molecular flexibility index (Phi) is 6.13. The topological polar surface area (TPSA) is 104 Å². The van der Waals surface area contributed by atoms with Crippen molar-refractivity contribution in [2.24, 2.45) is 0 Å². The maximum absolute atomic E-state index is 12.4. The van der Waals surface area contributed by atoms with Crippen LogP contribution >= 0.6 is 0 Å². The van der Waals surface area contributed by atoms with Crippen LogP contribution in [0.25, 0.3) is 11.0 Å². The van der Waals surface area contributed by atoms with Crippen LogP contribution in [0.4, 0.5) is 10.5 Å². The third-order valence-electron chi connectivity index (χ3n) is 4.04. The molecule has 2 aromatic carbocycles. The SMILES string of the molecule is CCOC(=O)Nc1ccc2c(COC(=O)c3ccccc3OC)cc(=O)oc2c1. The fourth-order valence-corrected chi connectivity index (χ4v) is 2.75. The number of nitrogens with one attached hydrogen (secondary N) is 1. The Hall–Kier alpha value is -3.81. The van der Waals surface area contributed by atoms with Gasteiger partial charge in [0.25, 0.3) is 0 Å². The lowest BCUT2D eigenvalue weighted by atomic mass is 10.1. The van der Waals surface area contributed by atoms with E-state index in [4.69, 9.17) is 18.6 Å². The van der Waals surface area contributed by atoms with Crippen LogP contribution in [0, 0.1) is 0 Å². The number of ether oxygens (including phenoxy) is 3. The molecule has 8 nitrogen and oxygen atoms in total. The summed E-state index contributed by atoms with van der Waals surface area (Å²) in [4.78, 5) is 35.9. The zero-order valence-electron chi connectivity index (χ0n) is 15.9. The number of benzene rings is 2. The minimum absolute atomic E-state index is 0.135. The van der Waals surface area contributed by atoms with E-state index in [2.05, 4.69) is 5.32 Å². The van der Waals surface area contributed by atoms with Crippen molar-refractivity contribution >= 4 is 28.7 Å². The smallest absolute Gasteiger partial charge is 0.411 e. The molecule has 1 heterocycles. The lowest BCUT2D eigenvalue weighted by Gasteiger charge is -2.10. The van der Waals surface area contributed by atoms with Gasteiger partial charge in [-0.1, -0.05) is 12.1 Å². The van der Waals surface area contributed by atoms with Gasteiger partial charge >= 0.3 is 17.7 Å². The standard InChI is InChI=1S/C21H19NO7/c1-3-27-21(25)22-14-8-9-15-13(10-19(23)29-18(15)11-14)12-28-20(24)16-6-4-5-7-17(16)26-2/h4-11H,3,12H2,1-2H3,(H,22,25). The zero-order chi connectivity index (χ0) is 20.8. The molecule has 0 fully saturated rings. The molecule has 3 aromatic rings. The van der Waals surface area contributed by atoms with Gasteiger partial charge in [-0.25, -0.2) is 14.4 Å². The predicted molar refractivity (Wildman–Crippen MR) is 105 cm³/mol. The summed E-state index contributed by atoms with van der Waals surface area (Å²) in [6.07, 6.45) is -0.615. The Morgan fingerprint density at radius 1 is 1.07 bits per heavy atom. The number of methoxy groups -OCH3 is 1. The Morgan fingerprint density at radius 3 is 2.62 bits per heavy atom. The molecule has 150 valence electrons. The molecule has 0 spiro atoms. The van der Waals surface area contributed by atoms with E-state index in [9.17, 15) is 14.4 Å². The summed E-state index contributed by atoms with van der Waals surface area (Å²) >= 11 is 0. The van der Waals surface area contributed by atoms with Crippen LogP contribution in [0.1, 0.15) is 22.8 Å². The van der Waals surface area contributed by atoms with Crippen molar-refractivity contribution in [3.63, 3.8) is 0 Å². The maximum Gasteiger partial charge on any atom is 0.411 e. The summed E-state index contributed by atoms with van der Waals surface area (Å²) in [5, 5.41) is 3.11. The molecule has 29 heavy (non-hydrogen) atoms. The van der Waals surface area contributed by atoms with Crippen molar-refractivity contribution in [1.29, 1.82) is 0 Å². The third-order valence-corrected chi connectivity index (χ3v) is 4.04. The second-order valence-electron chi connectivity index (χ2n) is 5.92. The highest BCUT2D eigenvalue weighted by Crippen LogP contribution is 2.23. The van der Waals surface area contributed by atoms with Crippen molar-refractivity contribution in [3.8, 4) is 5.75 Å². The van der Waals surface area contributed by atoms with Gasteiger partial charge in [0.2, 0.25) is 0 Å². The highest BCUT2D eigenvalue weighted by molar-refractivity contribution is 5.93. The summed E-state index contributed by atoms with van der Waals surface area (Å²) in [5.41, 5.74) is 0.803. The average molecular weight is 397 g/mol. The highest BCUT2D eigenvalue weighted by atomic mass is 16.5. The molecule has 0 radical (unpaired) electrons. The van der Waals surface area contributed by atoms with Crippen LogP contribution in [0.3, 0.4) is 0 Å². The van der Waals surface area contributed by atoms with Gasteiger partial charge in [0.05, 0.1) is 13.7 Å². The molecule has 3 rings (SSSR count). The molecule has 1 N–H and O–H groups in total. The lowest BCUT2D eigenvalue weighted by Crippen LogP contribution is -2.13. The van der Waals surface area contributed by atoms with Crippen molar-refractivity contribution in [3.05, 3.63) is 70.1 Å². The Morgan fingerprint density at radius 2 is 1.86 bits per heavy atom. The number of amides is 1. The fraction of sp³-hybridized carbons (Fsp3) is 0.190. The van der Waals surface area contributed by atoms with Crippen molar-refractivity contribution in [1.82, 2.24) is 0 Å². The molecule has 0 saturated carbocycles. The molecule has 0 aliphatic carbocycles. The van der Waals surface area contributed by atoms with Crippen LogP contribution < -0.4 is 15.7 Å². The van der Waals surface area contributed by atoms with Crippen molar-refractivity contribution in [2.75, 3.05) is 19.0 Å². The second kappa shape index (κ2) is 8.92. The van der Waals surface area contributed by atoms with E-state index in [1.54, 1.807) is 43.3 Å². The summed E-state index contributed by atoms with van der Waals surface area (Å²) < 4.78 is 20.5. The quantitative estimate of drug-likeness (QED) is 0.499. The molecule has 0 aliphatic rings. The number of fused-ring (bicyclic) bond motifs is 1.